The van der Waals surface area contributed by atoms with Crippen LogP contribution in [0.3, 0.4) is 0 Å². The largest absolute Gasteiger partial charge is 0.478 e. The van der Waals surface area contributed by atoms with Crippen molar-refractivity contribution in [2.45, 2.75) is 24.5 Å². The lowest BCUT2D eigenvalue weighted by atomic mass is 9.99. The van der Waals surface area contributed by atoms with Crippen LogP contribution >= 0.6 is 0 Å². The molecule has 1 aliphatic rings. The van der Waals surface area contributed by atoms with E-state index in [1.807, 2.05) is 0 Å². The van der Waals surface area contributed by atoms with Gasteiger partial charge in [-0.25, -0.2) is 13.2 Å². The summed E-state index contributed by atoms with van der Waals surface area (Å²) >= 11 is 0. The maximum absolute atomic E-state index is 13.0. The minimum atomic E-state index is -4.90. The smallest absolute Gasteiger partial charge is 0.430 e. The Bertz CT molecular complexity index is 780. The topological polar surface area (TPSA) is 80.7 Å². The fourth-order valence-electron chi connectivity index (χ4n) is 2.12. The first-order chi connectivity index (χ1) is 10.4. The maximum Gasteiger partial charge on any atom is 0.430 e. The van der Waals surface area contributed by atoms with Crippen molar-refractivity contribution >= 4 is 21.9 Å². The van der Waals surface area contributed by atoms with Crippen LogP contribution in [0.15, 0.2) is 23.8 Å². The van der Waals surface area contributed by atoms with Gasteiger partial charge < -0.3 is 9.84 Å². The number of carbonyl (C=O) groups is 1. The molecule has 9 heteroatoms. The van der Waals surface area contributed by atoms with E-state index in [4.69, 9.17) is 9.84 Å². The van der Waals surface area contributed by atoms with Crippen LogP contribution < -0.4 is 4.74 Å². The Labute approximate surface area is 130 Å². The Morgan fingerprint density at radius 1 is 1.35 bits per heavy atom. The van der Waals surface area contributed by atoms with Crippen molar-refractivity contribution in [1.82, 2.24) is 0 Å². The van der Waals surface area contributed by atoms with Gasteiger partial charge in [0, 0.05) is 11.8 Å². The van der Waals surface area contributed by atoms with Gasteiger partial charge >= 0.3 is 12.1 Å². The van der Waals surface area contributed by atoms with Gasteiger partial charge in [0.05, 0.1) is 10.8 Å². The van der Waals surface area contributed by atoms with E-state index in [-0.39, 0.29) is 16.9 Å². The zero-order valence-electron chi connectivity index (χ0n) is 12.1. The third-order valence-electron chi connectivity index (χ3n) is 3.53. The predicted octanol–water partition coefficient (Wildman–Crippen LogP) is 2.58. The second-order valence-electron chi connectivity index (χ2n) is 5.21. The second-order valence-corrected chi connectivity index (χ2v) is 7.58. The second kappa shape index (κ2) is 5.55. The Kier molecular flexibility index (Phi) is 4.18. The number of ether oxygens (including phenoxy) is 1. The van der Waals surface area contributed by atoms with Gasteiger partial charge in [0.15, 0.2) is 9.84 Å². The molecule has 0 aliphatic carbocycles. The number of halogens is 3. The number of alkyl halides is 3. The first-order valence-corrected chi connectivity index (χ1v) is 8.38. The van der Waals surface area contributed by atoms with Crippen molar-refractivity contribution < 1.29 is 36.2 Å². The summed E-state index contributed by atoms with van der Waals surface area (Å²) in [5.74, 6) is -1.93. The molecule has 0 spiro atoms. The van der Waals surface area contributed by atoms with Gasteiger partial charge in [-0.15, -0.1) is 0 Å². The number of hydrogen-bond donors (Lipinski definition) is 1. The van der Waals surface area contributed by atoms with Crippen LogP contribution in [0.25, 0.3) is 6.08 Å². The average Bonchev–Trinajstić information content (AvgIpc) is 2.42. The lowest BCUT2D eigenvalue weighted by molar-refractivity contribution is -0.187. The summed E-state index contributed by atoms with van der Waals surface area (Å²) in [6, 6.07) is 3.94. The van der Waals surface area contributed by atoms with E-state index in [9.17, 15) is 26.4 Å². The van der Waals surface area contributed by atoms with Crippen molar-refractivity contribution in [3.8, 4) is 5.75 Å². The molecule has 1 heterocycles. The molecule has 2 unspecified atom stereocenters. The summed E-state index contributed by atoms with van der Waals surface area (Å²) in [5.41, 5.74) is -0.513. The predicted molar refractivity (Wildman–Crippen MR) is 75.8 cm³/mol. The summed E-state index contributed by atoms with van der Waals surface area (Å²) in [6.45, 7) is 1.40. The molecule has 0 bridgehead atoms. The van der Waals surface area contributed by atoms with E-state index < -0.39 is 38.9 Å². The van der Waals surface area contributed by atoms with Crippen molar-refractivity contribution in [3.05, 3.63) is 34.9 Å². The van der Waals surface area contributed by atoms with Crippen molar-refractivity contribution in [2.24, 2.45) is 0 Å². The van der Waals surface area contributed by atoms with Crippen LogP contribution in [0.2, 0.25) is 0 Å². The Morgan fingerprint density at radius 3 is 2.43 bits per heavy atom. The standard InChI is InChI=1S/C14H13F3O5S/c1-7(23(2,20)21)8-3-4-9-5-10(13(18)19)12(14(15,16)17)22-11(9)6-8/h3-7,12H,1-2H3,(H,18,19). The number of aliphatic carboxylic acids is 1. The highest BCUT2D eigenvalue weighted by atomic mass is 32.2. The van der Waals surface area contributed by atoms with E-state index in [0.29, 0.717) is 0 Å². The van der Waals surface area contributed by atoms with Gasteiger partial charge in [0.1, 0.15) is 5.75 Å². The molecule has 0 amide bonds. The van der Waals surface area contributed by atoms with Crippen molar-refractivity contribution in [3.63, 3.8) is 0 Å². The normalized spacial score (nSPS) is 19.3. The molecule has 2 atom stereocenters. The molecular weight excluding hydrogens is 337 g/mol. The Morgan fingerprint density at radius 2 is 1.96 bits per heavy atom. The summed E-state index contributed by atoms with van der Waals surface area (Å²) in [7, 11) is -3.44. The monoisotopic (exact) mass is 350 g/mol. The van der Waals surface area contributed by atoms with E-state index in [0.717, 1.165) is 12.3 Å². The highest BCUT2D eigenvalue weighted by Crippen LogP contribution is 2.38. The van der Waals surface area contributed by atoms with Crippen LogP contribution in [0.4, 0.5) is 13.2 Å². The zero-order chi connectivity index (χ0) is 17.6. The molecule has 1 aromatic carbocycles. The average molecular weight is 350 g/mol. The molecule has 0 aromatic heterocycles. The molecule has 0 saturated heterocycles. The van der Waals surface area contributed by atoms with Crippen LogP contribution in [0.1, 0.15) is 23.3 Å². The SMILES string of the molecule is CC(c1ccc2c(c1)OC(C(F)(F)F)C(C(=O)O)=C2)S(C)(=O)=O. The number of carboxylic acid groups (broad SMARTS) is 1. The number of benzene rings is 1. The first-order valence-electron chi connectivity index (χ1n) is 6.42. The highest BCUT2D eigenvalue weighted by Gasteiger charge is 2.48. The molecule has 1 aliphatic heterocycles. The Hall–Kier alpha value is -2.03. The maximum atomic E-state index is 13.0. The molecule has 1 aromatic rings. The van der Waals surface area contributed by atoms with Gasteiger partial charge in [0.2, 0.25) is 6.10 Å². The first kappa shape index (κ1) is 17.3. The van der Waals surface area contributed by atoms with E-state index in [2.05, 4.69) is 0 Å². The van der Waals surface area contributed by atoms with Gasteiger partial charge in [-0.05, 0) is 24.6 Å². The quantitative estimate of drug-likeness (QED) is 0.906. The Balaban J connectivity index is 2.53. The highest BCUT2D eigenvalue weighted by molar-refractivity contribution is 7.90. The molecular formula is C14H13F3O5S. The van der Waals surface area contributed by atoms with E-state index in [1.54, 1.807) is 0 Å². The number of sulfone groups is 1. The third kappa shape index (κ3) is 3.49. The molecule has 0 saturated carbocycles. The van der Waals surface area contributed by atoms with Gasteiger partial charge in [-0.1, -0.05) is 12.1 Å². The minimum absolute atomic E-state index is 0.146. The van der Waals surface area contributed by atoms with E-state index >= 15 is 0 Å². The van der Waals surface area contributed by atoms with Gasteiger partial charge in [-0.2, -0.15) is 13.2 Å². The summed E-state index contributed by atoms with van der Waals surface area (Å²) in [5, 5.41) is 7.99. The van der Waals surface area contributed by atoms with Crippen LogP contribution in [0.5, 0.6) is 5.75 Å². The summed E-state index contributed by atoms with van der Waals surface area (Å²) in [4.78, 5) is 11.0. The molecule has 126 valence electrons. The fourth-order valence-corrected chi connectivity index (χ4v) is 2.76. The number of hydrogen-bond acceptors (Lipinski definition) is 4. The van der Waals surface area contributed by atoms with Gasteiger partial charge in [-0.3, -0.25) is 0 Å². The van der Waals surface area contributed by atoms with Crippen molar-refractivity contribution in [1.29, 1.82) is 0 Å². The number of carboxylic acids is 1. The summed E-state index contributed by atoms with van der Waals surface area (Å²) < 4.78 is 66.8. The van der Waals surface area contributed by atoms with Crippen LogP contribution in [0, 0.1) is 0 Å². The molecule has 23 heavy (non-hydrogen) atoms. The zero-order valence-corrected chi connectivity index (χ0v) is 12.9. The van der Waals surface area contributed by atoms with E-state index in [1.165, 1.54) is 25.1 Å². The number of fused-ring (bicyclic) bond motifs is 1. The lowest BCUT2D eigenvalue weighted by Crippen LogP contribution is -2.40. The molecule has 2 rings (SSSR count). The van der Waals surface area contributed by atoms with Crippen molar-refractivity contribution in [2.75, 3.05) is 6.26 Å². The summed E-state index contributed by atoms with van der Waals surface area (Å²) in [6.07, 6.45) is -5.61. The lowest BCUT2D eigenvalue weighted by Gasteiger charge is -2.27. The van der Waals surface area contributed by atoms with Crippen LogP contribution in [-0.2, 0) is 14.6 Å². The molecule has 0 radical (unpaired) electrons. The fraction of sp³-hybridized carbons (Fsp3) is 0.357. The number of rotatable bonds is 3. The van der Waals surface area contributed by atoms with Crippen LogP contribution in [-0.4, -0.2) is 38.0 Å². The van der Waals surface area contributed by atoms with Gasteiger partial charge in [0.25, 0.3) is 0 Å². The molecule has 1 N–H and O–H groups in total. The molecule has 0 fully saturated rings. The minimum Gasteiger partial charge on any atom is -0.478 e. The molecule has 5 nitrogen and oxygen atoms in total. The third-order valence-corrected chi connectivity index (χ3v) is 5.09.